The van der Waals surface area contributed by atoms with E-state index in [4.69, 9.17) is 0 Å². The zero-order valence-electron chi connectivity index (χ0n) is 12.9. The molecular weight excluding hydrogens is 296 g/mol. The van der Waals surface area contributed by atoms with Gasteiger partial charge in [0, 0.05) is 37.4 Å². The summed E-state index contributed by atoms with van der Waals surface area (Å²) >= 11 is 1.77. The van der Waals surface area contributed by atoms with Crippen molar-refractivity contribution < 1.29 is 4.79 Å². The molecule has 0 aliphatic carbocycles. The summed E-state index contributed by atoms with van der Waals surface area (Å²) < 4.78 is 1.97. The number of aromatic nitrogens is 3. The predicted octanol–water partition coefficient (Wildman–Crippen LogP) is 2.61. The lowest BCUT2D eigenvalue weighted by atomic mass is 9.96. The van der Waals surface area contributed by atoms with Gasteiger partial charge in [-0.05, 0) is 37.1 Å². The summed E-state index contributed by atoms with van der Waals surface area (Å²) in [4.78, 5) is 15.8. The van der Waals surface area contributed by atoms with E-state index in [2.05, 4.69) is 27.7 Å². The van der Waals surface area contributed by atoms with Crippen LogP contribution in [0.15, 0.2) is 23.8 Å². The van der Waals surface area contributed by atoms with Crippen LogP contribution in [0.25, 0.3) is 0 Å². The van der Waals surface area contributed by atoms with Crippen molar-refractivity contribution in [2.45, 2.75) is 38.0 Å². The van der Waals surface area contributed by atoms with Gasteiger partial charge in [0.2, 0.25) is 5.91 Å². The molecule has 2 aromatic rings. The number of carbonyl (C=O) groups is 1. The normalized spacial score (nSPS) is 18.6. The third-order valence-corrected chi connectivity index (χ3v) is 5.22. The van der Waals surface area contributed by atoms with E-state index in [0.717, 1.165) is 44.6 Å². The van der Waals surface area contributed by atoms with Crippen molar-refractivity contribution in [3.63, 3.8) is 0 Å². The van der Waals surface area contributed by atoms with Gasteiger partial charge in [-0.25, -0.2) is 0 Å². The van der Waals surface area contributed by atoms with E-state index in [-0.39, 0.29) is 5.91 Å². The lowest BCUT2D eigenvalue weighted by Crippen LogP contribution is -2.39. The smallest absolute Gasteiger partial charge is 0.222 e. The average molecular weight is 318 g/mol. The van der Waals surface area contributed by atoms with Crippen molar-refractivity contribution in [2.75, 3.05) is 13.1 Å². The first-order valence-corrected chi connectivity index (χ1v) is 8.76. The second-order valence-corrected chi connectivity index (χ2v) is 6.94. The highest BCUT2D eigenvalue weighted by molar-refractivity contribution is 7.09. The van der Waals surface area contributed by atoms with Crippen molar-refractivity contribution in [1.82, 2.24) is 19.7 Å². The van der Waals surface area contributed by atoms with Gasteiger partial charge in [0.15, 0.2) is 0 Å². The predicted molar refractivity (Wildman–Crippen MR) is 86.8 cm³/mol. The molecule has 118 valence electrons. The van der Waals surface area contributed by atoms with Gasteiger partial charge in [-0.1, -0.05) is 6.07 Å². The molecule has 0 N–H and O–H groups in total. The molecule has 0 aromatic carbocycles. The van der Waals surface area contributed by atoms with Crippen LogP contribution in [0, 0.1) is 0 Å². The zero-order chi connectivity index (χ0) is 15.4. The monoisotopic (exact) mass is 318 g/mol. The average Bonchev–Trinajstić information content (AvgIpc) is 3.19. The Balaban J connectivity index is 1.51. The molecule has 22 heavy (non-hydrogen) atoms. The molecule has 2 aromatic heterocycles. The second-order valence-electron chi connectivity index (χ2n) is 5.91. The number of rotatable bonds is 5. The Kier molecular flexibility index (Phi) is 4.87. The largest absolute Gasteiger partial charge is 0.342 e. The fourth-order valence-electron chi connectivity index (χ4n) is 3.10. The molecule has 3 rings (SSSR count). The minimum Gasteiger partial charge on any atom is -0.342 e. The van der Waals surface area contributed by atoms with Crippen molar-refractivity contribution in [3.8, 4) is 0 Å². The van der Waals surface area contributed by atoms with Crippen molar-refractivity contribution in [2.24, 2.45) is 7.05 Å². The van der Waals surface area contributed by atoms with Crippen LogP contribution in [0.3, 0.4) is 0 Å². The Morgan fingerprint density at radius 2 is 2.41 bits per heavy atom. The van der Waals surface area contributed by atoms with E-state index in [0.29, 0.717) is 12.3 Å². The van der Waals surface area contributed by atoms with Gasteiger partial charge in [0.05, 0.1) is 0 Å². The Morgan fingerprint density at radius 3 is 3.14 bits per heavy atom. The van der Waals surface area contributed by atoms with Gasteiger partial charge >= 0.3 is 0 Å². The molecule has 0 saturated carbocycles. The molecule has 3 heterocycles. The number of carbonyl (C=O) groups excluding carboxylic acids is 1. The van der Waals surface area contributed by atoms with Crippen molar-refractivity contribution >= 4 is 17.2 Å². The minimum absolute atomic E-state index is 0.281. The van der Waals surface area contributed by atoms with E-state index < -0.39 is 0 Å². The van der Waals surface area contributed by atoms with Crippen LogP contribution < -0.4 is 0 Å². The molecule has 0 spiro atoms. The number of amides is 1. The first-order chi connectivity index (χ1) is 10.7. The molecule has 1 atom stereocenters. The maximum absolute atomic E-state index is 12.4. The second kappa shape index (κ2) is 7.05. The van der Waals surface area contributed by atoms with E-state index in [1.807, 2.05) is 16.5 Å². The zero-order valence-corrected chi connectivity index (χ0v) is 13.8. The van der Waals surface area contributed by atoms with E-state index >= 15 is 0 Å². The highest BCUT2D eigenvalue weighted by Crippen LogP contribution is 2.25. The molecule has 1 aliphatic heterocycles. The van der Waals surface area contributed by atoms with Gasteiger partial charge in [-0.15, -0.1) is 21.5 Å². The highest BCUT2D eigenvalue weighted by atomic mass is 32.1. The highest BCUT2D eigenvalue weighted by Gasteiger charge is 2.27. The molecule has 0 unspecified atom stereocenters. The van der Waals surface area contributed by atoms with Crippen LogP contribution in [-0.4, -0.2) is 38.7 Å². The molecule has 6 heteroatoms. The standard InChI is InChI=1S/C16H22N4OS/c1-19-12-17-18-16(19)13-5-3-9-20(11-13)15(21)8-2-6-14-7-4-10-22-14/h4,7,10,12-13H,2-3,5-6,8-9,11H2,1H3/t13-/m1/s1. The molecule has 0 radical (unpaired) electrons. The van der Waals surface area contributed by atoms with Gasteiger partial charge < -0.3 is 9.47 Å². The molecule has 1 fully saturated rings. The van der Waals surface area contributed by atoms with Crippen molar-refractivity contribution in [3.05, 3.63) is 34.5 Å². The summed E-state index contributed by atoms with van der Waals surface area (Å²) in [7, 11) is 1.97. The number of aryl methyl sites for hydroxylation is 2. The summed E-state index contributed by atoms with van der Waals surface area (Å²) in [6, 6.07) is 4.21. The van der Waals surface area contributed by atoms with Crippen LogP contribution in [0.5, 0.6) is 0 Å². The number of nitrogens with zero attached hydrogens (tertiary/aromatic N) is 4. The third kappa shape index (κ3) is 3.55. The van der Waals surface area contributed by atoms with E-state index in [9.17, 15) is 4.79 Å². The first-order valence-electron chi connectivity index (χ1n) is 7.88. The Hall–Kier alpha value is -1.69. The molecule has 1 amide bonds. The molecule has 0 bridgehead atoms. The Morgan fingerprint density at radius 1 is 1.50 bits per heavy atom. The maximum atomic E-state index is 12.4. The number of likely N-dealkylation sites (tertiary alicyclic amines) is 1. The van der Waals surface area contributed by atoms with Crippen LogP contribution in [0.2, 0.25) is 0 Å². The van der Waals surface area contributed by atoms with Crippen LogP contribution in [0.4, 0.5) is 0 Å². The van der Waals surface area contributed by atoms with E-state index in [1.54, 1.807) is 17.7 Å². The molecule has 1 aliphatic rings. The summed E-state index contributed by atoms with van der Waals surface area (Å²) in [5, 5.41) is 10.3. The summed E-state index contributed by atoms with van der Waals surface area (Å²) in [6.45, 7) is 1.66. The SMILES string of the molecule is Cn1cnnc1[C@@H]1CCCN(C(=O)CCCc2cccs2)C1. The minimum atomic E-state index is 0.281. The van der Waals surface area contributed by atoms with Gasteiger partial charge in [0.25, 0.3) is 0 Å². The quantitative estimate of drug-likeness (QED) is 0.851. The maximum Gasteiger partial charge on any atom is 0.222 e. The number of hydrogen-bond acceptors (Lipinski definition) is 4. The van der Waals surface area contributed by atoms with Crippen LogP contribution in [-0.2, 0) is 18.3 Å². The van der Waals surface area contributed by atoms with Gasteiger partial charge in [0.1, 0.15) is 12.2 Å². The van der Waals surface area contributed by atoms with Crippen LogP contribution in [0.1, 0.15) is 42.3 Å². The summed E-state index contributed by atoms with van der Waals surface area (Å²) in [5.74, 6) is 1.60. The fraction of sp³-hybridized carbons (Fsp3) is 0.562. The summed E-state index contributed by atoms with van der Waals surface area (Å²) in [5.41, 5.74) is 0. The molecular formula is C16H22N4OS. The number of hydrogen-bond donors (Lipinski definition) is 0. The summed E-state index contributed by atoms with van der Waals surface area (Å²) in [6.07, 6.45) is 6.45. The first kappa shape index (κ1) is 15.2. The lowest BCUT2D eigenvalue weighted by Gasteiger charge is -2.32. The van der Waals surface area contributed by atoms with Gasteiger partial charge in [-0.2, -0.15) is 0 Å². The topological polar surface area (TPSA) is 51.0 Å². The van der Waals surface area contributed by atoms with Crippen LogP contribution >= 0.6 is 11.3 Å². The lowest BCUT2D eigenvalue weighted by molar-refractivity contribution is -0.132. The van der Waals surface area contributed by atoms with Crippen molar-refractivity contribution in [1.29, 1.82) is 0 Å². The Labute approximate surface area is 135 Å². The third-order valence-electron chi connectivity index (χ3n) is 4.28. The molecule has 1 saturated heterocycles. The Bertz CT molecular complexity index is 607. The fourth-order valence-corrected chi connectivity index (χ4v) is 3.85. The van der Waals surface area contributed by atoms with Gasteiger partial charge in [-0.3, -0.25) is 4.79 Å². The number of thiophene rings is 1. The molecule has 5 nitrogen and oxygen atoms in total. The number of piperidine rings is 1. The van der Waals surface area contributed by atoms with E-state index in [1.165, 1.54) is 4.88 Å².